The van der Waals surface area contributed by atoms with E-state index < -0.39 is 0 Å². The summed E-state index contributed by atoms with van der Waals surface area (Å²) >= 11 is 0. The summed E-state index contributed by atoms with van der Waals surface area (Å²) < 4.78 is 10.0. The summed E-state index contributed by atoms with van der Waals surface area (Å²) in [7, 11) is 1.60. The SMILES string of the molecule is COc1ccc(-n2c(=O)c3ccccc3c3nc4nnc(-n5nc(C)cc5C)nn4c32)cc1. The summed E-state index contributed by atoms with van der Waals surface area (Å²) in [6.07, 6.45) is 0. The van der Waals surface area contributed by atoms with Crippen LogP contribution in [0.25, 0.3) is 39.3 Å². The quantitative estimate of drug-likeness (QED) is 0.418. The van der Waals surface area contributed by atoms with E-state index >= 15 is 0 Å². The van der Waals surface area contributed by atoms with Gasteiger partial charge in [-0.25, -0.2) is 9.67 Å². The Bertz CT molecular complexity index is 1740. The summed E-state index contributed by atoms with van der Waals surface area (Å²) in [5, 5.41) is 18.9. The van der Waals surface area contributed by atoms with Crippen LogP contribution in [0.2, 0.25) is 0 Å². The summed E-state index contributed by atoms with van der Waals surface area (Å²) in [5.74, 6) is 1.26. The van der Waals surface area contributed by atoms with E-state index in [0.717, 1.165) is 16.8 Å². The Morgan fingerprint density at radius 1 is 0.909 bits per heavy atom. The van der Waals surface area contributed by atoms with E-state index in [4.69, 9.17) is 4.74 Å². The van der Waals surface area contributed by atoms with Crippen molar-refractivity contribution in [3.8, 4) is 17.4 Å². The molecule has 0 fully saturated rings. The van der Waals surface area contributed by atoms with Gasteiger partial charge in [0.05, 0.1) is 18.5 Å². The van der Waals surface area contributed by atoms with E-state index in [1.807, 2.05) is 50.2 Å². The first kappa shape index (κ1) is 19.1. The van der Waals surface area contributed by atoms with E-state index in [9.17, 15) is 4.79 Å². The third kappa shape index (κ3) is 2.80. The zero-order valence-electron chi connectivity index (χ0n) is 18.1. The largest absolute Gasteiger partial charge is 0.497 e. The first-order chi connectivity index (χ1) is 16.0. The van der Waals surface area contributed by atoms with Crippen LogP contribution >= 0.6 is 0 Å². The molecule has 162 valence electrons. The van der Waals surface area contributed by atoms with Crippen LogP contribution in [0.3, 0.4) is 0 Å². The number of aromatic nitrogens is 8. The minimum atomic E-state index is -0.184. The van der Waals surface area contributed by atoms with Crippen molar-refractivity contribution in [1.82, 2.24) is 39.1 Å². The molecule has 0 aliphatic carbocycles. The number of imidazole rings is 1. The molecule has 0 unspecified atom stereocenters. The van der Waals surface area contributed by atoms with Crippen LogP contribution in [0.15, 0.2) is 59.4 Å². The van der Waals surface area contributed by atoms with Crippen molar-refractivity contribution < 1.29 is 4.74 Å². The molecule has 0 saturated heterocycles. The van der Waals surface area contributed by atoms with E-state index in [1.165, 1.54) is 0 Å². The molecule has 0 bridgehead atoms. The lowest BCUT2D eigenvalue weighted by molar-refractivity contribution is 0.414. The molecule has 2 aromatic carbocycles. The first-order valence-corrected chi connectivity index (χ1v) is 10.3. The Morgan fingerprint density at radius 2 is 1.67 bits per heavy atom. The van der Waals surface area contributed by atoms with Gasteiger partial charge in [-0.1, -0.05) is 18.2 Å². The molecule has 0 aliphatic heterocycles. The van der Waals surface area contributed by atoms with Crippen molar-refractivity contribution in [1.29, 1.82) is 0 Å². The minimum absolute atomic E-state index is 0.184. The molecule has 6 aromatic rings. The molecule has 4 heterocycles. The van der Waals surface area contributed by atoms with E-state index in [0.29, 0.717) is 28.0 Å². The van der Waals surface area contributed by atoms with E-state index in [2.05, 4.69) is 25.4 Å². The number of hydrogen-bond acceptors (Lipinski definition) is 7. The van der Waals surface area contributed by atoms with Crippen LogP contribution in [0.4, 0.5) is 0 Å². The molecule has 0 atom stereocenters. The summed E-state index contributed by atoms with van der Waals surface area (Å²) in [6.45, 7) is 3.82. The van der Waals surface area contributed by atoms with Crippen molar-refractivity contribution in [2.24, 2.45) is 0 Å². The molecule has 0 amide bonds. The minimum Gasteiger partial charge on any atom is -0.497 e. The number of hydrogen-bond donors (Lipinski definition) is 0. The molecule has 10 nitrogen and oxygen atoms in total. The molecule has 10 heteroatoms. The van der Waals surface area contributed by atoms with Gasteiger partial charge in [0.2, 0.25) is 0 Å². The molecule has 4 aromatic heterocycles. The zero-order valence-corrected chi connectivity index (χ0v) is 18.1. The average Bonchev–Trinajstić information content (AvgIpc) is 3.38. The number of aryl methyl sites for hydroxylation is 2. The molecule has 0 N–H and O–H groups in total. The maximum atomic E-state index is 13.7. The fourth-order valence-corrected chi connectivity index (χ4v) is 4.11. The lowest BCUT2D eigenvalue weighted by Gasteiger charge is -2.11. The number of nitrogens with zero attached hydrogens (tertiary/aromatic N) is 8. The fourth-order valence-electron chi connectivity index (χ4n) is 4.11. The normalized spacial score (nSPS) is 11.6. The number of ether oxygens (including phenoxy) is 1. The van der Waals surface area contributed by atoms with Crippen molar-refractivity contribution in [3.05, 3.63) is 76.3 Å². The summed E-state index contributed by atoms with van der Waals surface area (Å²) in [4.78, 5) is 18.3. The number of rotatable bonds is 3. The second-order valence-corrected chi connectivity index (χ2v) is 7.72. The number of benzene rings is 2. The van der Waals surface area contributed by atoms with Crippen molar-refractivity contribution in [2.75, 3.05) is 7.11 Å². The molecule has 0 aliphatic rings. The highest BCUT2D eigenvalue weighted by Gasteiger charge is 2.20. The summed E-state index contributed by atoms with van der Waals surface area (Å²) in [5.41, 5.74) is 3.29. The van der Waals surface area contributed by atoms with Crippen LogP contribution in [0.5, 0.6) is 5.75 Å². The highest BCUT2D eigenvalue weighted by atomic mass is 16.5. The van der Waals surface area contributed by atoms with Crippen LogP contribution < -0.4 is 10.3 Å². The van der Waals surface area contributed by atoms with Gasteiger partial charge in [-0.05, 0) is 50.2 Å². The Hall–Kier alpha value is -4.60. The lowest BCUT2D eigenvalue weighted by Crippen LogP contribution is -2.21. The van der Waals surface area contributed by atoms with Crippen molar-refractivity contribution in [3.63, 3.8) is 0 Å². The van der Waals surface area contributed by atoms with Crippen LogP contribution in [0, 0.1) is 13.8 Å². The Kier molecular flexibility index (Phi) is 4.03. The first-order valence-electron chi connectivity index (χ1n) is 10.3. The van der Waals surface area contributed by atoms with Crippen LogP contribution in [-0.2, 0) is 0 Å². The maximum absolute atomic E-state index is 13.7. The third-order valence-electron chi connectivity index (χ3n) is 5.59. The Labute approximate surface area is 186 Å². The molecule has 0 spiro atoms. The smallest absolute Gasteiger partial charge is 0.287 e. The number of fused-ring (bicyclic) bond motifs is 5. The molecule has 33 heavy (non-hydrogen) atoms. The predicted molar refractivity (Wildman–Crippen MR) is 122 cm³/mol. The van der Waals surface area contributed by atoms with E-state index in [1.54, 1.807) is 39.1 Å². The van der Waals surface area contributed by atoms with E-state index in [-0.39, 0.29) is 17.3 Å². The second-order valence-electron chi connectivity index (χ2n) is 7.72. The average molecular weight is 438 g/mol. The highest BCUT2D eigenvalue weighted by molar-refractivity contribution is 6.03. The highest BCUT2D eigenvalue weighted by Crippen LogP contribution is 2.25. The maximum Gasteiger partial charge on any atom is 0.287 e. The van der Waals surface area contributed by atoms with Gasteiger partial charge in [-0.15, -0.1) is 15.3 Å². The number of pyridine rings is 1. The van der Waals surface area contributed by atoms with Gasteiger partial charge in [-0.3, -0.25) is 9.36 Å². The van der Waals surface area contributed by atoms with Gasteiger partial charge in [0.1, 0.15) is 11.3 Å². The van der Waals surface area contributed by atoms with Gasteiger partial charge in [0.25, 0.3) is 17.3 Å². The fraction of sp³-hybridized carbons (Fsp3) is 0.130. The van der Waals surface area contributed by atoms with Crippen LogP contribution in [0.1, 0.15) is 11.4 Å². The number of methoxy groups -OCH3 is 1. The molecular weight excluding hydrogens is 420 g/mol. The zero-order chi connectivity index (χ0) is 22.7. The third-order valence-corrected chi connectivity index (χ3v) is 5.59. The summed E-state index contributed by atoms with van der Waals surface area (Å²) in [6, 6.07) is 16.6. The second kappa shape index (κ2) is 6.95. The van der Waals surface area contributed by atoms with Gasteiger partial charge >= 0.3 is 0 Å². The van der Waals surface area contributed by atoms with Gasteiger partial charge in [-0.2, -0.15) is 9.61 Å². The standard InChI is InChI=1S/C23H18N8O2/c1-13-12-14(2)30(27-13)23-26-25-22-24-19-17-6-4-5-7-18(17)21(32)29(20(19)31(22)28-23)15-8-10-16(33-3)11-9-15/h4-12H,1-3H3. The van der Waals surface area contributed by atoms with Gasteiger partial charge in [0, 0.05) is 16.5 Å². The predicted octanol–water partition coefficient (Wildman–Crippen LogP) is 2.79. The molecule has 6 rings (SSSR count). The van der Waals surface area contributed by atoms with Crippen molar-refractivity contribution in [2.45, 2.75) is 13.8 Å². The Balaban J connectivity index is 1.76. The Morgan fingerprint density at radius 3 is 2.36 bits per heavy atom. The van der Waals surface area contributed by atoms with Gasteiger partial charge in [0.15, 0.2) is 5.65 Å². The van der Waals surface area contributed by atoms with Crippen LogP contribution in [-0.4, -0.2) is 46.3 Å². The molecule has 0 saturated carbocycles. The lowest BCUT2D eigenvalue weighted by atomic mass is 10.1. The molecular formula is C23H18N8O2. The topological polar surface area (TPSA) is 105 Å². The van der Waals surface area contributed by atoms with Gasteiger partial charge < -0.3 is 4.74 Å². The monoisotopic (exact) mass is 438 g/mol. The van der Waals surface area contributed by atoms with Crippen molar-refractivity contribution >= 4 is 27.7 Å². The molecule has 0 radical (unpaired) electrons.